The Labute approximate surface area is 112 Å². The van der Waals surface area contributed by atoms with Gasteiger partial charge in [-0.1, -0.05) is 0 Å². The van der Waals surface area contributed by atoms with Gasteiger partial charge in [-0.05, 0) is 39.0 Å². The third-order valence-electron chi connectivity index (χ3n) is 2.19. The minimum atomic E-state index is -3.48. The molecule has 0 aliphatic carbocycles. The van der Waals surface area contributed by atoms with Crippen molar-refractivity contribution in [3.05, 3.63) is 33.1 Å². The van der Waals surface area contributed by atoms with E-state index in [1.807, 2.05) is 11.4 Å². The lowest BCUT2D eigenvalue weighted by Gasteiger charge is -2.14. The van der Waals surface area contributed by atoms with E-state index in [0.29, 0.717) is 6.54 Å². The zero-order valence-electron chi connectivity index (χ0n) is 8.92. The Hall–Kier alpha value is -0.700. The van der Waals surface area contributed by atoms with Crippen molar-refractivity contribution in [2.75, 3.05) is 7.05 Å². The van der Waals surface area contributed by atoms with Crippen molar-refractivity contribution in [3.8, 4) is 0 Å². The lowest BCUT2D eigenvalue weighted by molar-refractivity contribution is 0.464. The highest BCUT2D eigenvalue weighted by atomic mass is 79.9. The fourth-order valence-corrected chi connectivity index (χ4v) is 3.58. The molecule has 0 saturated carbocycles. The second-order valence-electron chi connectivity index (χ2n) is 3.44. The van der Waals surface area contributed by atoms with Gasteiger partial charge in [0.1, 0.15) is 0 Å². The first-order valence-electron chi connectivity index (χ1n) is 4.69. The summed E-state index contributed by atoms with van der Waals surface area (Å²) >= 11 is 4.88. The number of nitrogens with zero attached hydrogens (tertiary/aromatic N) is 2. The summed E-state index contributed by atoms with van der Waals surface area (Å²) in [5.41, 5.74) is 0.951. The molecule has 2 heterocycles. The summed E-state index contributed by atoms with van der Waals surface area (Å²) in [5, 5.41) is 8.13. The van der Waals surface area contributed by atoms with Crippen molar-refractivity contribution in [2.45, 2.75) is 11.6 Å². The molecule has 0 radical (unpaired) electrons. The summed E-state index contributed by atoms with van der Waals surface area (Å²) in [6.07, 6.45) is 1.42. The fourth-order valence-electron chi connectivity index (χ4n) is 1.33. The quantitative estimate of drug-likeness (QED) is 0.929. The Morgan fingerprint density at radius 3 is 2.88 bits per heavy atom. The number of thiophene rings is 1. The normalized spacial score (nSPS) is 12.2. The van der Waals surface area contributed by atoms with Crippen LogP contribution in [0.25, 0.3) is 0 Å². The molecule has 0 bridgehead atoms. The first-order valence-corrected chi connectivity index (χ1v) is 7.80. The van der Waals surface area contributed by atoms with Crippen molar-refractivity contribution >= 4 is 37.3 Å². The summed E-state index contributed by atoms with van der Waals surface area (Å²) in [5.74, 6) is 0. The Morgan fingerprint density at radius 1 is 1.59 bits per heavy atom. The Morgan fingerprint density at radius 2 is 2.35 bits per heavy atom. The van der Waals surface area contributed by atoms with Crippen LogP contribution in [0.4, 0.5) is 0 Å². The predicted molar refractivity (Wildman–Crippen MR) is 69.3 cm³/mol. The van der Waals surface area contributed by atoms with E-state index in [4.69, 9.17) is 0 Å². The molecular formula is C9H10BrN3O2S2. The van der Waals surface area contributed by atoms with E-state index in [-0.39, 0.29) is 5.03 Å². The topological polar surface area (TPSA) is 66.1 Å². The van der Waals surface area contributed by atoms with Crippen LogP contribution in [0, 0.1) is 0 Å². The van der Waals surface area contributed by atoms with Gasteiger partial charge in [-0.2, -0.15) is 9.40 Å². The highest BCUT2D eigenvalue weighted by Crippen LogP contribution is 2.23. The van der Waals surface area contributed by atoms with E-state index in [1.54, 1.807) is 7.05 Å². The molecule has 0 spiro atoms. The van der Waals surface area contributed by atoms with Crippen LogP contribution in [0.3, 0.4) is 0 Å². The van der Waals surface area contributed by atoms with Crippen molar-refractivity contribution in [1.29, 1.82) is 0 Å². The molecule has 17 heavy (non-hydrogen) atoms. The third kappa shape index (κ3) is 2.76. The lowest BCUT2D eigenvalue weighted by atomic mass is 10.3. The Bertz CT molecular complexity index is 592. The molecule has 92 valence electrons. The fraction of sp³-hybridized carbons (Fsp3) is 0.222. The van der Waals surface area contributed by atoms with E-state index in [1.165, 1.54) is 27.9 Å². The number of aromatic amines is 1. The van der Waals surface area contributed by atoms with Crippen LogP contribution < -0.4 is 0 Å². The zero-order valence-corrected chi connectivity index (χ0v) is 12.1. The predicted octanol–water partition coefficient (Wildman–Crippen LogP) is 2.05. The maximum Gasteiger partial charge on any atom is 0.260 e. The summed E-state index contributed by atoms with van der Waals surface area (Å²) in [6.45, 7) is 0.337. The van der Waals surface area contributed by atoms with Gasteiger partial charge in [-0.15, -0.1) is 11.3 Å². The van der Waals surface area contributed by atoms with Crippen LogP contribution in [0.15, 0.2) is 32.5 Å². The maximum atomic E-state index is 12.1. The highest BCUT2D eigenvalue weighted by Gasteiger charge is 2.22. The van der Waals surface area contributed by atoms with E-state index in [2.05, 4.69) is 26.1 Å². The average Bonchev–Trinajstić information content (AvgIpc) is 2.89. The van der Waals surface area contributed by atoms with Crippen LogP contribution in [0.2, 0.25) is 0 Å². The minimum absolute atomic E-state index is 0.106. The summed E-state index contributed by atoms with van der Waals surface area (Å²) in [4.78, 5) is 0. The second-order valence-corrected chi connectivity index (χ2v) is 7.74. The number of hydrogen-bond acceptors (Lipinski definition) is 4. The van der Waals surface area contributed by atoms with Crippen molar-refractivity contribution in [2.24, 2.45) is 0 Å². The molecule has 0 aromatic carbocycles. The number of rotatable bonds is 4. The molecule has 2 rings (SSSR count). The third-order valence-corrected chi connectivity index (χ3v) is 5.48. The lowest BCUT2D eigenvalue weighted by Crippen LogP contribution is -2.26. The molecule has 0 aliphatic rings. The van der Waals surface area contributed by atoms with Crippen molar-refractivity contribution in [1.82, 2.24) is 14.5 Å². The molecule has 5 nitrogen and oxygen atoms in total. The van der Waals surface area contributed by atoms with Crippen LogP contribution in [-0.2, 0) is 16.6 Å². The molecule has 0 aliphatic heterocycles. The zero-order chi connectivity index (χ0) is 12.5. The van der Waals surface area contributed by atoms with Gasteiger partial charge in [-0.25, -0.2) is 8.42 Å². The SMILES string of the molecule is CN(Cc1csc(Br)c1)S(=O)(=O)c1ccn[nH]1. The van der Waals surface area contributed by atoms with Gasteiger partial charge in [-0.3, -0.25) is 5.10 Å². The largest absolute Gasteiger partial charge is 0.266 e. The molecule has 0 unspecified atom stereocenters. The number of hydrogen-bond donors (Lipinski definition) is 1. The molecule has 1 N–H and O–H groups in total. The number of H-pyrrole nitrogens is 1. The van der Waals surface area contributed by atoms with Crippen LogP contribution in [0.1, 0.15) is 5.56 Å². The average molecular weight is 336 g/mol. The summed E-state index contributed by atoms with van der Waals surface area (Å²) in [6, 6.07) is 3.35. The maximum absolute atomic E-state index is 12.1. The molecule has 0 fully saturated rings. The molecule has 2 aromatic heterocycles. The molecule has 8 heteroatoms. The first-order chi connectivity index (χ1) is 8.00. The van der Waals surface area contributed by atoms with E-state index >= 15 is 0 Å². The van der Waals surface area contributed by atoms with E-state index < -0.39 is 10.0 Å². The van der Waals surface area contributed by atoms with Gasteiger partial charge < -0.3 is 0 Å². The number of halogens is 1. The monoisotopic (exact) mass is 335 g/mol. The minimum Gasteiger partial charge on any atom is -0.266 e. The summed E-state index contributed by atoms with van der Waals surface area (Å²) < 4.78 is 26.4. The Kier molecular flexibility index (Phi) is 3.67. The van der Waals surface area contributed by atoms with Gasteiger partial charge >= 0.3 is 0 Å². The van der Waals surface area contributed by atoms with Crippen LogP contribution in [0.5, 0.6) is 0 Å². The number of nitrogens with one attached hydrogen (secondary N) is 1. The number of sulfonamides is 1. The van der Waals surface area contributed by atoms with Gasteiger partial charge in [0.15, 0.2) is 5.03 Å². The molecule has 0 atom stereocenters. The molecular weight excluding hydrogens is 326 g/mol. The van der Waals surface area contributed by atoms with Gasteiger partial charge in [0.05, 0.1) is 9.98 Å². The van der Waals surface area contributed by atoms with Gasteiger partial charge in [0.25, 0.3) is 10.0 Å². The number of aromatic nitrogens is 2. The molecule has 2 aromatic rings. The second kappa shape index (κ2) is 4.89. The standard InChI is InChI=1S/C9H10BrN3O2S2/c1-13(5-7-4-8(10)16-6-7)17(14,15)9-2-3-11-12-9/h2-4,6H,5H2,1H3,(H,11,12). The Balaban J connectivity index is 2.18. The first kappa shape index (κ1) is 12.7. The van der Waals surface area contributed by atoms with Crippen molar-refractivity contribution < 1.29 is 8.42 Å². The summed E-state index contributed by atoms with van der Waals surface area (Å²) in [7, 11) is -1.94. The van der Waals surface area contributed by atoms with Crippen LogP contribution >= 0.6 is 27.3 Å². The van der Waals surface area contributed by atoms with Gasteiger partial charge in [0, 0.05) is 13.6 Å². The van der Waals surface area contributed by atoms with E-state index in [9.17, 15) is 8.42 Å². The van der Waals surface area contributed by atoms with E-state index in [0.717, 1.165) is 9.35 Å². The smallest absolute Gasteiger partial charge is 0.260 e. The van der Waals surface area contributed by atoms with Crippen molar-refractivity contribution in [3.63, 3.8) is 0 Å². The van der Waals surface area contributed by atoms with Crippen LogP contribution in [-0.4, -0.2) is 30.0 Å². The molecule has 0 saturated heterocycles. The highest BCUT2D eigenvalue weighted by molar-refractivity contribution is 9.11. The van der Waals surface area contributed by atoms with Gasteiger partial charge in [0.2, 0.25) is 0 Å². The molecule has 0 amide bonds.